The van der Waals surface area contributed by atoms with Gasteiger partial charge in [-0.3, -0.25) is 0 Å². The van der Waals surface area contributed by atoms with Crippen molar-refractivity contribution in [3.05, 3.63) is 65.2 Å². The van der Waals surface area contributed by atoms with E-state index in [0.29, 0.717) is 26.1 Å². The molecular weight excluding hydrogens is 340 g/mol. The fourth-order valence-corrected chi connectivity index (χ4v) is 2.90. The van der Waals surface area contributed by atoms with Gasteiger partial charge in [0.05, 0.1) is 6.61 Å². The second-order valence-electron chi connectivity index (χ2n) is 6.62. The highest BCUT2D eigenvalue weighted by Gasteiger charge is 2.12. The summed E-state index contributed by atoms with van der Waals surface area (Å²) in [6, 6.07) is 15.6. The summed E-state index contributed by atoms with van der Waals surface area (Å²) in [4.78, 5) is 12.2. The summed E-state index contributed by atoms with van der Waals surface area (Å²) in [5, 5.41) is 15.1. The lowest BCUT2D eigenvalue weighted by Gasteiger charge is -2.17. The number of amides is 2. The van der Waals surface area contributed by atoms with Gasteiger partial charge in [0, 0.05) is 25.6 Å². The molecule has 0 aliphatic heterocycles. The highest BCUT2D eigenvalue weighted by atomic mass is 16.5. The molecule has 0 radical (unpaired) electrons. The monoisotopic (exact) mass is 370 g/mol. The molecule has 1 atom stereocenters. The third-order valence-electron chi connectivity index (χ3n) is 4.48. The Bertz CT molecular complexity index is 704. The number of hydrogen-bond donors (Lipinski definition) is 3. The minimum atomic E-state index is -0.209. The molecule has 2 rings (SSSR count). The second-order valence-corrected chi connectivity index (χ2v) is 6.62. The molecular formula is C22H30N2O3. The van der Waals surface area contributed by atoms with E-state index in [1.54, 1.807) is 0 Å². The number of rotatable bonds is 10. The van der Waals surface area contributed by atoms with Gasteiger partial charge in [0.1, 0.15) is 5.75 Å². The van der Waals surface area contributed by atoms with E-state index < -0.39 is 0 Å². The number of ether oxygens (including phenoxy) is 1. The van der Waals surface area contributed by atoms with Gasteiger partial charge in [-0.25, -0.2) is 4.79 Å². The van der Waals surface area contributed by atoms with Crippen LogP contribution < -0.4 is 15.4 Å². The van der Waals surface area contributed by atoms with Crippen LogP contribution in [0.3, 0.4) is 0 Å². The molecule has 0 spiro atoms. The van der Waals surface area contributed by atoms with Crippen LogP contribution in [0.25, 0.3) is 0 Å². The molecule has 0 saturated carbocycles. The number of carbonyl (C=O) groups excluding carboxylic acids is 1. The van der Waals surface area contributed by atoms with Crippen molar-refractivity contribution in [2.24, 2.45) is 0 Å². The maximum absolute atomic E-state index is 12.2. The van der Waals surface area contributed by atoms with Crippen LogP contribution in [-0.4, -0.2) is 30.9 Å². The Morgan fingerprint density at radius 2 is 1.93 bits per heavy atom. The van der Waals surface area contributed by atoms with Crippen molar-refractivity contribution in [1.82, 2.24) is 10.6 Å². The van der Waals surface area contributed by atoms with Gasteiger partial charge in [-0.1, -0.05) is 43.3 Å². The minimum Gasteiger partial charge on any atom is -0.494 e. The molecule has 2 aromatic rings. The molecule has 146 valence electrons. The molecule has 5 heteroatoms. The Hall–Kier alpha value is -2.53. The summed E-state index contributed by atoms with van der Waals surface area (Å²) in [6.45, 7) is 5.83. The van der Waals surface area contributed by atoms with Crippen LogP contribution in [0.4, 0.5) is 4.79 Å². The fraction of sp³-hybridized carbons (Fsp3) is 0.409. The predicted octanol–water partition coefficient (Wildman–Crippen LogP) is 3.75. The zero-order chi connectivity index (χ0) is 19.5. The van der Waals surface area contributed by atoms with Crippen LogP contribution in [0.1, 0.15) is 42.4 Å². The molecule has 0 heterocycles. The first-order chi connectivity index (χ1) is 13.1. The molecule has 0 aliphatic carbocycles. The molecule has 0 unspecified atom stereocenters. The largest absolute Gasteiger partial charge is 0.494 e. The van der Waals surface area contributed by atoms with Crippen LogP contribution in [0.15, 0.2) is 48.5 Å². The van der Waals surface area contributed by atoms with Crippen molar-refractivity contribution >= 4 is 6.03 Å². The third kappa shape index (κ3) is 6.94. The van der Waals surface area contributed by atoms with Crippen LogP contribution in [0, 0.1) is 6.92 Å². The van der Waals surface area contributed by atoms with Crippen LogP contribution in [-0.2, 0) is 6.54 Å². The predicted molar refractivity (Wildman–Crippen MR) is 108 cm³/mol. The number of aliphatic hydroxyl groups is 1. The Balaban J connectivity index is 1.83. The first-order valence-corrected chi connectivity index (χ1v) is 9.53. The van der Waals surface area contributed by atoms with E-state index in [-0.39, 0.29) is 18.6 Å². The maximum atomic E-state index is 12.2. The van der Waals surface area contributed by atoms with E-state index >= 15 is 0 Å². The average molecular weight is 370 g/mol. The summed E-state index contributed by atoms with van der Waals surface area (Å²) in [5.74, 6) is 0.955. The zero-order valence-corrected chi connectivity index (χ0v) is 16.2. The van der Waals surface area contributed by atoms with E-state index in [2.05, 4.69) is 17.6 Å². The lowest BCUT2D eigenvalue weighted by Crippen LogP contribution is -2.37. The highest BCUT2D eigenvalue weighted by Crippen LogP contribution is 2.19. The summed E-state index contributed by atoms with van der Waals surface area (Å²) in [7, 11) is 0. The number of benzene rings is 2. The Kier molecular flexibility index (Phi) is 8.65. The minimum absolute atomic E-state index is 0.0918. The van der Waals surface area contributed by atoms with E-state index in [4.69, 9.17) is 4.74 Å². The molecule has 2 aromatic carbocycles. The molecule has 0 aromatic heterocycles. The highest BCUT2D eigenvalue weighted by molar-refractivity contribution is 5.74. The molecule has 0 fully saturated rings. The van der Waals surface area contributed by atoms with Gasteiger partial charge < -0.3 is 20.5 Å². The van der Waals surface area contributed by atoms with Gasteiger partial charge >= 0.3 is 6.03 Å². The van der Waals surface area contributed by atoms with E-state index in [1.165, 1.54) is 0 Å². The third-order valence-corrected chi connectivity index (χ3v) is 4.48. The van der Waals surface area contributed by atoms with Gasteiger partial charge in [0.25, 0.3) is 0 Å². The maximum Gasteiger partial charge on any atom is 0.315 e. The Morgan fingerprint density at radius 3 is 2.59 bits per heavy atom. The second kappa shape index (κ2) is 11.2. The summed E-state index contributed by atoms with van der Waals surface area (Å²) < 4.78 is 5.63. The quantitative estimate of drug-likeness (QED) is 0.596. The molecule has 27 heavy (non-hydrogen) atoms. The Labute approximate surface area is 161 Å². The van der Waals surface area contributed by atoms with Gasteiger partial charge in [-0.15, -0.1) is 0 Å². The summed E-state index contributed by atoms with van der Waals surface area (Å²) in [5.41, 5.74) is 3.26. The lowest BCUT2D eigenvalue weighted by molar-refractivity contribution is 0.237. The zero-order valence-electron chi connectivity index (χ0n) is 16.2. The van der Waals surface area contributed by atoms with E-state index in [1.807, 2.05) is 55.5 Å². The summed E-state index contributed by atoms with van der Waals surface area (Å²) in [6.07, 6.45) is 1.59. The van der Waals surface area contributed by atoms with Crippen molar-refractivity contribution in [1.29, 1.82) is 0 Å². The average Bonchev–Trinajstić information content (AvgIpc) is 2.69. The van der Waals surface area contributed by atoms with E-state index in [9.17, 15) is 9.90 Å². The first kappa shape index (κ1) is 20.8. The van der Waals surface area contributed by atoms with Crippen LogP contribution in [0.5, 0.6) is 5.75 Å². The lowest BCUT2D eigenvalue weighted by atomic mass is 9.96. The van der Waals surface area contributed by atoms with E-state index in [0.717, 1.165) is 28.9 Å². The first-order valence-electron chi connectivity index (χ1n) is 9.53. The Morgan fingerprint density at radius 1 is 1.15 bits per heavy atom. The van der Waals surface area contributed by atoms with Crippen molar-refractivity contribution in [2.75, 3.05) is 19.8 Å². The van der Waals surface area contributed by atoms with Crippen molar-refractivity contribution in [3.8, 4) is 5.75 Å². The number of urea groups is 1. The number of aryl methyl sites for hydroxylation is 1. The SMILES string of the molecule is CCCOc1ccc(CNC(=O)NC[C@H](CCO)c2ccccc2)c(C)c1. The molecule has 5 nitrogen and oxygen atoms in total. The van der Waals surface area contributed by atoms with Gasteiger partial charge in [0.15, 0.2) is 0 Å². The number of hydrogen-bond acceptors (Lipinski definition) is 3. The smallest absolute Gasteiger partial charge is 0.315 e. The van der Waals surface area contributed by atoms with Gasteiger partial charge in [0.2, 0.25) is 0 Å². The molecule has 0 saturated heterocycles. The molecule has 0 aliphatic rings. The molecule has 3 N–H and O–H groups in total. The van der Waals surface area contributed by atoms with Gasteiger partial charge in [-0.2, -0.15) is 0 Å². The molecule has 2 amide bonds. The van der Waals surface area contributed by atoms with Crippen LogP contribution in [0.2, 0.25) is 0 Å². The normalized spacial score (nSPS) is 11.7. The number of carbonyl (C=O) groups is 1. The standard InChI is InChI=1S/C22H30N2O3/c1-3-13-27-21-10-9-19(17(2)14-21)15-23-22(26)24-16-20(11-12-25)18-7-5-4-6-8-18/h4-10,14,20,25H,3,11-13,15-16H2,1-2H3,(H2,23,24,26)/t20-/m0/s1. The number of nitrogens with one attached hydrogen (secondary N) is 2. The van der Waals surface area contributed by atoms with Gasteiger partial charge in [-0.05, 0) is 48.6 Å². The van der Waals surface area contributed by atoms with Crippen molar-refractivity contribution in [3.63, 3.8) is 0 Å². The fourth-order valence-electron chi connectivity index (χ4n) is 2.90. The summed E-state index contributed by atoms with van der Waals surface area (Å²) >= 11 is 0. The van der Waals surface area contributed by atoms with Crippen LogP contribution >= 0.6 is 0 Å². The van der Waals surface area contributed by atoms with Crippen molar-refractivity contribution < 1.29 is 14.6 Å². The number of aliphatic hydroxyl groups excluding tert-OH is 1. The topological polar surface area (TPSA) is 70.6 Å². The molecule has 0 bridgehead atoms. The van der Waals surface area contributed by atoms with Crippen molar-refractivity contribution in [2.45, 2.75) is 39.2 Å².